The van der Waals surface area contributed by atoms with Crippen LogP contribution in [0.4, 0.5) is 10.1 Å². The third-order valence-electron chi connectivity index (χ3n) is 5.12. The van der Waals surface area contributed by atoms with E-state index in [0.29, 0.717) is 40.1 Å². The number of hydrogen-bond donors (Lipinski definition) is 1. The fourth-order valence-electron chi connectivity index (χ4n) is 3.63. The molecule has 7 nitrogen and oxygen atoms in total. The van der Waals surface area contributed by atoms with Crippen molar-refractivity contribution < 1.29 is 13.7 Å². The molecule has 0 bridgehead atoms. The molecule has 1 aliphatic rings. The van der Waals surface area contributed by atoms with E-state index in [-0.39, 0.29) is 24.2 Å². The standard InChI is InChI=1S/C22H19ClFN5O2/c23-19-10-18(7-6-15(19)11-25)26-20(30)13-29-8-2-4-16(12-29)22-27-21(28-31-22)14-3-1-5-17(24)9-14/h1,3,5-7,9-10,16H,2,4,8,12-13H2,(H,26,30). The number of carbonyl (C=O) groups excluding carboxylic acids is 1. The number of carbonyl (C=O) groups is 1. The molecule has 3 aromatic rings. The zero-order valence-corrected chi connectivity index (χ0v) is 17.3. The molecule has 0 spiro atoms. The lowest BCUT2D eigenvalue weighted by molar-refractivity contribution is -0.117. The van der Waals surface area contributed by atoms with Gasteiger partial charge in [0.25, 0.3) is 0 Å². The molecule has 2 heterocycles. The van der Waals surface area contributed by atoms with Gasteiger partial charge in [0, 0.05) is 17.8 Å². The van der Waals surface area contributed by atoms with Gasteiger partial charge in [0.1, 0.15) is 11.9 Å². The molecular formula is C22H19ClFN5O2. The smallest absolute Gasteiger partial charge is 0.238 e. The van der Waals surface area contributed by atoms with Gasteiger partial charge in [0.15, 0.2) is 0 Å². The Kier molecular flexibility index (Phi) is 6.26. The van der Waals surface area contributed by atoms with Crippen molar-refractivity contribution in [3.8, 4) is 17.5 Å². The number of nitrogens with zero attached hydrogens (tertiary/aromatic N) is 4. The summed E-state index contributed by atoms with van der Waals surface area (Å²) < 4.78 is 18.9. The van der Waals surface area contributed by atoms with Gasteiger partial charge >= 0.3 is 0 Å². The average molecular weight is 440 g/mol. The number of benzene rings is 2. The van der Waals surface area contributed by atoms with Crippen LogP contribution in [-0.2, 0) is 4.79 Å². The Labute approximate surface area is 183 Å². The lowest BCUT2D eigenvalue weighted by Gasteiger charge is -2.30. The molecular weight excluding hydrogens is 421 g/mol. The minimum absolute atomic E-state index is 0.000663. The molecule has 1 unspecified atom stereocenters. The van der Waals surface area contributed by atoms with E-state index in [9.17, 15) is 9.18 Å². The van der Waals surface area contributed by atoms with Crippen LogP contribution in [0.15, 0.2) is 47.0 Å². The van der Waals surface area contributed by atoms with Crippen molar-refractivity contribution >= 4 is 23.2 Å². The number of aromatic nitrogens is 2. The van der Waals surface area contributed by atoms with Gasteiger partial charge in [-0.2, -0.15) is 10.2 Å². The largest absolute Gasteiger partial charge is 0.339 e. The molecule has 1 N–H and O–H groups in total. The molecule has 158 valence electrons. The summed E-state index contributed by atoms with van der Waals surface area (Å²) in [5.41, 5.74) is 1.46. The molecule has 1 amide bonds. The van der Waals surface area contributed by atoms with Crippen LogP contribution in [-0.4, -0.2) is 40.6 Å². The second kappa shape index (κ2) is 9.25. The third kappa shape index (κ3) is 5.08. The van der Waals surface area contributed by atoms with Crippen LogP contribution in [0, 0.1) is 17.1 Å². The van der Waals surface area contributed by atoms with Gasteiger partial charge in [-0.15, -0.1) is 0 Å². The quantitative estimate of drug-likeness (QED) is 0.639. The monoisotopic (exact) mass is 439 g/mol. The highest BCUT2D eigenvalue weighted by molar-refractivity contribution is 6.32. The highest BCUT2D eigenvalue weighted by atomic mass is 35.5. The Morgan fingerprint density at radius 3 is 3.00 bits per heavy atom. The highest BCUT2D eigenvalue weighted by Gasteiger charge is 2.27. The van der Waals surface area contributed by atoms with Crippen molar-refractivity contribution in [2.75, 3.05) is 25.0 Å². The molecule has 9 heteroatoms. The molecule has 31 heavy (non-hydrogen) atoms. The molecule has 1 aliphatic heterocycles. The number of piperidine rings is 1. The van der Waals surface area contributed by atoms with E-state index in [1.54, 1.807) is 30.3 Å². The first kappa shape index (κ1) is 21.0. The Morgan fingerprint density at radius 1 is 1.35 bits per heavy atom. The van der Waals surface area contributed by atoms with Crippen LogP contribution in [0.3, 0.4) is 0 Å². The first-order valence-electron chi connectivity index (χ1n) is 9.83. The highest BCUT2D eigenvalue weighted by Crippen LogP contribution is 2.28. The number of nitrogens with one attached hydrogen (secondary N) is 1. The molecule has 4 rings (SSSR count). The van der Waals surface area contributed by atoms with E-state index >= 15 is 0 Å². The molecule has 0 aliphatic carbocycles. The molecule has 2 aromatic carbocycles. The second-order valence-corrected chi connectivity index (χ2v) is 7.80. The maximum Gasteiger partial charge on any atom is 0.238 e. The fraction of sp³-hybridized carbons (Fsp3) is 0.273. The molecule has 1 saturated heterocycles. The normalized spacial score (nSPS) is 16.6. The predicted octanol–water partition coefficient (Wildman–Crippen LogP) is 4.22. The maximum absolute atomic E-state index is 13.5. The Bertz CT molecular complexity index is 1140. The number of nitriles is 1. The SMILES string of the molecule is N#Cc1ccc(NC(=O)CN2CCCC(c3nc(-c4cccc(F)c4)no3)C2)cc1Cl. The summed E-state index contributed by atoms with van der Waals surface area (Å²) >= 11 is 6.02. The van der Waals surface area contributed by atoms with Crippen molar-refractivity contribution in [2.24, 2.45) is 0 Å². The van der Waals surface area contributed by atoms with Crippen molar-refractivity contribution in [1.82, 2.24) is 15.0 Å². The van der Waals surface area contributed by atoms with Crippen molar-refractivity contribution in [2.45, 2.75) is 18.8 Å². The van der Waals surface area contributed by atoms with Crippen LogP contribution in [0.5, 0.6) is 0 Å². The first-order valence-corrected chi connectivity index (χ1v) is 10.2. The molecule has 1 atom stereocenters. The average Bonchev–Trinajstić information content (AvgIpc) is 3.24. The third-order valence-corrected chi connectivity index (χ3v) is 5.43. The van der Waals surface area contributed by atoms with E-state index in [2.05, 4.69) is 15.5 Å². The van der Waals surface area contributed by atoms with E-state index in [1.807, 2.05) is 11.0 Å². The van der Waals surface area contributed by atoms with Crippen LogP contribution in [0.2, 0.25) is 5.02 Å². The fourth-order valence-corrected chi connectivity index (χ4v) is 3.86. The summed E-state index contributed by atoms with van der Waals surface area (Å²) in [6, 6.07) is 12.8. The lowest BCUT2D eigenvalue weighted by Crippen LogP contribution is -2.39. The zero-order chi connectivity index (χ0) is 21.8. The van der Waals surface area contributed by atoms with Crippen LogP contribution < -0.4 is 5.32 Å². The minimum Gasteiger partial charge on any atom is -0.339 e. The van der Waals surface area contributed by atoms with Gasteiger partial charge in [0.05, 0.1) is 23.0 Å². The summed E-state index contributed by atoms with van der Waals surface area (Å²) in [4.78, 5) is 18.9. The Morgan fingerprint density at radius 2 is 2.23 bits per heavy atom. The van der Waals surface area contributed by atoms with Gasteiger partial charge in [-0.1, -0.05) is 28.9 Å². The summed E-state index contributed by atoms with van der Waals surface area (Å²) in [6.07, 6.45) is 1.76. The van der Waals surface area contributed by atoms with Crippen molar-refractivity contribution in [3.05, 3.63) is 64.8 Å². The lowest BCUT2D eigenvalue weighted by atomic mass is 9.98. The maximum atomic E-state index is 13.5. The summed E-state index contributed by atoms with van der Waals surface area (Å²) in [6.45, 7) is 1.59. The van der Waals surface area contributed by atoms with Gasteiger partial charge in [-0.3, -0.25) is 9.69 Å². The van der Waals surface area contributed by atoms with Crippen molar-refractivity contribution in [1.29, 1.82) is 5.26 Å². The number of likely N-dealkylation sites (tertiary alicyclic amines) is 1. The number of halogens is 2. The first-order chi connectivity index (χ1) is 15.0. The topological polar surface area (TPSA) is 95.1 Å². The Hall–Kier alpha value is -3.28. The number of hydrogen-bond acceptors (Lipinski definition) is 6. The molecule has 0 radical (unpaired) electrons. The van der Waals surface area contributed by atoms with Crippen molar-refractivity contribution in [3.63, 3.8) is 0 Å². The van der Waals surface area contributed by atoms with Crippen LogP contribution in [0.25, 0.3) is 11.4 Å². The second-order valence-electron chi connectivity index (χ2n) is 7.40. The van der Waals surface area contributed by atoms with Crippen LogP contribution >= 0.6 is 11.6 Å². The molecule has 1 aromatic heterocycles. The van der Waals surface area contributed by atoms with E-state index in [1.165, 1.54) is 12.1 Å². The van der Waals surface area contributed by atoms with E-state index in [0.717, 1.165) is 19.4 Å². The zero-order valence-electron chi connectivity index (χ0n) is 16.5. The Balaban J connectivity index is 1.37. The van der Waals surface area contributed by atoms with E-state index in [4.69, 9.17) is 21.4 Å². The van der Waals surface area contributed by atoms with Gasteiger partial charge in [0.2, 0.25) is 17.6 Å². The molecule has 0 saturated carbocycles. The van der Waals surface area contributed by atoms with E-state index < -0.39 is 0 Å². The van der Waals surface area contributed by atoms with Gasteiger partial charge in [-0.05, 0) is 49.7 Å². The summed E-state index contributed by atoms with van der Waals surface area (Å²) in [7, 11) is 0. The minimum atomic E-state index is -0.359. The van der Waals surface area contributed by atoms with Gasteiger partial charge < -0.3 is 9.84 Å². The number of amides is 1. The summed E-state index contributed by atoms with van der Waals surface area (Å²) in [5.74, 6) is 0.306. The predicted molar refractivity (Wildman–Crippen MR) is 113 cm³/mol. The molecule has 1 fully saturated rings. The summed E-state index contributed by atoms with van der Waals surface area (Å²) in [5, 5.41) is 16.0. The number of anilines is 1. The number of rotatable bonds is 5. The van der Waals surface area contributed by atoms with Crippen LogP contribution in [0.1, 0.15) is 30.2 Å². The van der Waals surface area contributed by atoms with Gasteiger partial charge in [-0.25, -0.2) is 4.39 Å².